The van der Waals surface area contributed by atoms with Gasteiger partial charge in [0.2, 0.25) is 0 Å². The molecule has 5 heteroatoms. The maximum absolute atomic E-state index is 4.62. The summed E-state index contributed by atoms with van der Waals surface area (Å²) in [5.74, 6) is 3.22. The van der Waals surface area contributed by atoms with Crippen molar-refractivity contribution in [3.8, 4) is 0 Å². The monoisotopic (exact) mass is 279 g/mol. The van der Waals surface area contributed by atoms with Crippen LogP contribution in [0.3, 0.4) is 0 Å². The highest BCUT2D eigenvalue weighted by molar-refractivity contribution is 5.47. The van der Waals surface area contributed by atoms with Crippen molar-refractivity contribution in [1.82, 2.24) is 14.9 Å². The zero-order chi connectivity index (χ0) is 15.1. The fraction of sp³-hybridized carbons (Fsp3) is 0.733. The molecule has 0 bridgehead atoms. The number of anilines is 2. The molecule has 20 heavy (non-hydrogen) atoms. The number of likely N-dealkylation sites (N-methyl/N-ethyl adjacent to an activating group) is 1. The van der Waals surface area contributed by atoms with Crippen molar-refractivity contribution in [2.75, 3.05) is 38.3 Å². The molecular formula is C15H29N5. The minimum atomic E-state index is 0.374. The Morgan fingerprint density at radius 1 is 1.20 bits per heavy atom. The number of rotatable bonds is 8. The van der Waals surface area contributed by atoms with Crippen molar-refractivity contribution in [2.24, 2.45) is 5.92 Å². The Hall–Kier alpha value is -1.36. The molecule has 0 aliphatic heterocycles. The Morgan fingerprint density at radius 3 is 2.35 bits per heavy atom. The van der Waals surface area contributed by atoms with Crippen LogP contribution in [0.15, 0.2) is 6.07 Å². The SMILES string of the molecule is CCCc1nc(NC)cc(NC(CN(C)C)C(C)C)n1. The lowest BCUT2D eigenvalue weighted by Gasteiger charge is -2.26. The van der Waals surface area contributed by atoms with Gasteiger partial charge in [-0.05, 0) is 26.4 Å². The number of aromatic nitrogens is 2. The summed E-state index contributed by atoms with van der Waals surface area (Å²) in [6, 6.07) is 2.35. The number of nitrogens with one attached hydrogen (secondary N) is 2. The minimum absolute atomic E-state index is 0.374. The normalized spacial score (nSPS) is 12.8. The molecule has 114 valence electrons. The second-order valence-corrected chi connectivity index (χ2v) is 5.81. The first kappa shape index (κ1) is 16.7. The molecule has 0 aliphatic carbocycles. The average Bonchev–Trinajstić information content (AvgIpc) is 2.37. The minimum Gasteiger partial charge on any atom is -0.373 e. The van der Waals surface area contributed by atoms with Crippen LogP contribution in [0.4, 0.5) is 11.6 Å². The van der Waals surface area contributed by atoms with E-state index in [1.807, 2.05) is 13.1 Å². The Bertz CT molecular complexity index is 403. The lowest BCUT2D eigenvalue weighted by molar-refractivity contribution is 0.344. The standard InChI is InChI=1S/C15H29N5/c1-7-8-13-18-14(16-4)9-15(19-13)17-12(11(2)3)10-20(5)6/h9,11-12H,7-8,10H2,1-6H3,(H2,16,17,18,19). The summed E-state index contributed by atoms with van der Waals surface area (Å²) in [7, 11) is 6.08. The van der Waals surface area contributed by atoms with Gasteiger partial charge >= 0.3 is 0 Å². The Labute approximate surface area is 123 Å². The Kier molecular flexibility index (Phi) is 6.71. The van der Waals surface area contributed by atoms with Crippen LogP contribution in [0.1, 0.15) is 33.0 Å². The molecule has 2 N–H and O–H groups in total. The van der Waals surface area contributed by atoms with Crippen LogP contribution in [-0.2, 0) is 6.42 Å². The molecule has 1 aromatic heterocycles. The van der Waals surface area contributed by atoms with Crippen molar-refractivity contribution in [3.63, 3.8) is 0 Å². The third-order valence-electron chi connectivity index (χ3n) is 3.20. The zero-order valence-corrected chi connectivity index (χ0v) is 13.7. The molecule has 0 saturated heterocycles. The van der Waals surface area contributed by atoms with Gasteiger partial charge in [0.05, 0.1) is 0 Å². The summed E-state index contributed by atoms with van der Waals surface area (Å²) in [4.78, 5) is 11.3. The highest BCUT2D eigenvalue weighted by Gasteiger charge is 2.15. The van der Waals surface area contributed by atoms with Crippen LogP contribution in [-0.4, -0.2) is 48.6 Å². The van der Waals surface area contributed by atoms with Crippen LogP contribution in [0, 0.1) is 5.92 Å². The molecule has 1 rings (SSSR count). The van der Waals surface area contributed by atoms with E-state index in [2.05, 4.69) is 60.4 Å². The summed E-state index contributed by atoms with van der Waals surface area (Å²) in [6.45, 7) is 7.59. The zero-order valence-electron chi connectivity index (χ0n) is 13.7. The highest BCUT2D eigenvalue weighted by atomic mass is 15.1. The molecule has 0 fully saturated rings. The number of nitrogens with zero attached hydrogens (tertiary/aromatic N) is 3. The van der Waals surface area contributed by atoms with Gasteiger partial charge in [0, 0.05) is 32.1 Å². The topological polar surface area (TPSA) is 53.1 Å². The fourth-order valence-corrected chi connectivity index (χ4v) is 2.04. The van der Waals surface area contributed by atoms with Crippen molar-refractivity contribution in [2.45, 2.75) is 39.7 Å². The number of aryl methyl sites for hydroxylation is 1. The van der Waals surface area contributed by atoms with Crippen molar-refractivity contribution in [3.05, 3.63) is 11.9 Å². The van der Waals surface area contributed by atoms with E-state index in [1.165, 1.54) is 0 Å². The second kappa shape index (κ2) is 8.04. The van der Waals surface area contributed by atoms with E-state index < -0.39 is 0 Å². The molecule has 1 atom stereocenters. The van der Waals surface area contributed by atoms with Crippen LogP contribution in [0.25, 0.3) is 0 Å². The van der Waals surface area contributed by atoms with Crippen LogP contribution in [0.2, 0.25) is 0 Å². The predicted octanol–water partition coefficient (Wildman–Crippen LogP) is 2.47. The molecule has 1 heterocycles. The van der Waals surface area contributed by atoms with Gasteiger partial charge in [0.1, 0.15) is 17.5 Å². The van der Waals surface area contributed by atoms with Crippen LogP contribution >= 0.6 is 0 Å². The first-order chi connectivity index (χ1) is 9.46. The Morgan fingerprint density at radius 2 is 1.85 bits per heavy atom. The summed E-state index contributed by atoms with van der Waals surface area (Å²) >= 11 is 0. The average molecular weight is 279 g/mol. The van der Waals surface area contributed by atoms with Crippen molar-refractivity contribution < 1.29 is 0 Å². The molecule has 0 amide bonds. The summed E-state index contributed by atoms with van der Waals surface area (Å²) in [5, 5.41) is 6.66. The van der Waals surface area contributed by atoms with E-state index in [9.17, 15) is 0 Å². The van der Waals surface area contributed by atoms with Gasteiger partial charge in [-0.2, -0.15) is 0 Å². The lowest BCUT2D eigenvalue weighted by Crippen LogP contribution is -2.36. The summed E-state index contributed by atoms with van der Waals surface area (Å²) in [5.41, 5.74) is 0. The molecule has 1 unspecified atom stereocenters. The van der Waals surface area contributed by atoms with E-state index in [-0.39, 0.29) is 0 Å². The fourth-order valence-electron chi connectivity index (χ4n) is 2.04. The van der Waals surface area contributed by atoms with Gasteiger partial charge < -0.3 is 15.5 Å². The molecule has 0 aliphatic rings. The first-order valence-electron chi connectivity index (χ1n) is 7.43. The maximum atomic E-state index is 4.62. The van der Waals surface area contributed by atoms with E-state index in [0.29, 0.717) is 12.0 Å². The van der Waals surface area contributed by atoms with Crippen molar-refractivity contribution >= 4 is 11.6 Å². The van der Waals surface area contributed by atoms with Crippen LogP contribution in [0.5, 0.6) is 0 Å². The summed E-state index contributed by atoms with van der Waals surface area (Å²) < 4.78 is 0. The second-order valence-electron chi connectivity index (χ2n) is 5.81. The van der Waals surface area contributed by atoms with Gasteiger partial charge in [-0.1, -0.05) is 20.8 Å². The lowest BCUT2D eigenvalue weighted by atomic mass is 10.0. The number of hydrogen-bond acceptors (Lipinski definition) is 5. The van der Waals surface area contributed by atoms with Gasteiger partial charge in [-0.3, -0.25) is 0 Å². The smallest absolute Gasteiger partial charge is 0.133 e. The quantitative estimate of drug-likeness (QED) is 0.765. The van der Waals surface area contributed by atoms with E-state index in [0.717, 1.165) is 36.8 Å². The highest BCUT2D eigenvalue weighted by Crippen LogP contribution is 2.16. The molecule has 0 saturated carbocycles. The van der Waals surface area contributed by atoms with Gasteiger partial charge in [-0.15, -0.1) is 0 Å². The van der Waals surface area contributed by atoms with E-state index in [4.69, 9.17) is 0 Å². The van der Waals surface area contributed by atoms with Crippen LogP contribution < -0.4 is 10.6 Å². The van der Waals surface area contributed by atoms with Gasteiger partial charge in [-0.25, -0.2) is 9.97 Å². The third-order valence-corrected chi connectivity index (χ3v) is 3.20. The van der Waals surface area contributed by atoms with Gasteiger partial charge in [0.25, 0.3) is 0 Å². The van der Waals surface area contributed by atoms with E-state index in [1.54, 1.807) is 0 Å². The largest absolute Gasteiger partial charge is 0.373 e. The Balaban J connectivity index is 2.90. The molecule has 0 spiro atoms. The first-order valence-corrected chi connectivity index (χ1v) is 7.43. The summed E-state index contributed by atoms with van der Waals surface area (Å²) in [6.07, 6.45) is 1.96. The van der Waals surface area contributed by atoms with E-state index >= 15 is 0 Å². The molecule has 0 aromatic carbocycles. The van der Waals surface area contributed by atoms with Gasteiger partial charge in [0.15, 0.2) is 0 Å². The number of hydrogen-bond donors (Lipinski definition) is 2. The molecule has 1 aromatic rings. The predicted molar refractivity (Wildman–Crippen MR) is 86.4 cm³/mol. The van der Waals surface area contributed by atoms with Crippen molar-refractivity contribution in [1.29, 1.82) is 0 Å². The molecule has 5 nitrogen and oxygen atoms in total. The molecule has 0 radical (unpaired) electrons. The third kappa shape index (κ3) is 5.33. The molecular weight excluding hydrogens is 250 g/mol. The maximum Gasteiger partial charge on any atom is 0.133 e.